The SMILES string of the molecule is CC(C)(C)NC(=O)OC1(C)CCC(ON)CC1. The molecule has 0 saturated heterocycles. The minimum absolute atomic E-state index is 0.0948. The van der Waals surface area contributed by atoms with Gasteiger partial charge in [0.05, 0.1) is 6.10 Å². The van der Waals surface area contributed by atoms with Gasteiger partial charge in [-0.25, -0.2) is 10.7 Å². The van der Waals surface area contributed by atoms with Crippen molar-refractivity contribution in [3.63, 3.8) is 0 Å². The van der Waals surface area contributed by atoms with Crippen molar-refractivity contribution in [2.24, 2.45) is 5.90 Å². The van der Waals surface area contributed by atoms with Gasteiger partial charge in [-0.15, -0.1) is 0 Å². The monoisotopic (exact) mass is 244 g/mol. The quantitative estimate of drug-likeness (QED) is 0.730. The average molecular weight is 244 g/mol. The Balaban J connectivity index is 2.43. The molecule has 0 spiro atoms. The summed E-state index contributed by atoms with van der Waals surface area (Å²) in [6.45, 7) is 7.74. The maximum Gasteiger partial charge on any atom is 0.408 e. The average Bonchev–Trinajstić information content (AvgIpc) is 2.15. The molecule has 0 bridgehead atoms. The number of nitrogens with two attached hydrogens (primary N) is 1. The van der Waals surface area contributed by atoms with Gasteiger partial charge in [-0.3, -0.25) is 0 Å². The Labute approximate surface area is 103 Å². The van der Waals surface area contributed by atoms with Crippen LogP contribution in [-0.4, -0.2) is 23.3 Å². The lowest BCUT2D eigenvalue weighted by atomic mass is 9.84. The van der Waals surface area contributed by atoms with Gasteiger partial charge >= 0.3 is 6.09 Å². The topological polar surface area (TPSA) is 73.6 Å². The second-order valence-electron chi connectivity index (χ2n) is 6.05. The predicted octanol–water partition coefficient (Wildman–Crippen LogP) is 2.10. The number of alkyl carbamates (subject to hydrolysis) is 1. The van der Waals surface area contributed by atoms with Crippen molar-refractivity contribution in [3.05, 3.63) is 0 Å². The number of amides is 1. The first-order valence-corrected chi connectivity index (χ1v) is 6.11. The van der Waals surface area contributed by atoms with Crippen LogP contribution in [0.3, 0.4) is 0 Å². The van der Waals surface area contributed by atoms with E-state index in [0.717, 1.165) is 25.7 Å². The minimum atomic E-state index is -0.398. The maximum atomic E-state index is 11.7. The Kier molecular flexibility index (Phi) is 4.38. The van der Waals surface area contributed by atoms with E-state index in [1.165, 1.54) is 0 Å². The predicted molar refractivity (Wildman–Crippen MR) is 65.3 cm³/mol. The van der Waals surface area contributed by atoms with Gasteiger partial charge in [0.2, 0.25) is 0 Å². The Morgan fingerprint density at radius 2 is 1.88 bits per heavy atom. The fraction of sp³-hybridized carbons (Fsp3) is 0.917. The number of rotatable bonds is 2. The van der Waals surface area contributed by atoms with Crippen molar-refractivity contribution >= 4 is 6.09 Å². The van der Waals surface area contributed by atoms with E-state index in [9.17, 15) is 4.79 Å². The van der Waals surface area contributed by atoms with Gasteiger partial charge in [-0.2, -0.15) is 0 Å². The summed E-state index contributed by atoms with van der Waals surface area (Å²) in [6, 6.07) is 0. The van der Waals surface area contributed by atoms with Crippen LogP contribution in [0, 0.1) is 0 Å². The van der Waals surface area contributed by atoms with E-state index in [2.05, 4.69) is 5.32 Å². The summed E-state index contributed by atoms with van der Waals surface area (Å²) < 4.78 is 5.50. The van der Waals surface area contributed by atoms with Crippen molar-refractivity contribution in [1.29, 1.82) is 0 Å². The largest absolute Gasteiger partial charge is 0.443 e. The lowest BCUT2D eigenvalue weighted by Crippen LogP contribution is -2.46. The molecule has 1 aliphatic rings. The third-order valence-electron chi connectivity index (χ3n) is 3.00. The Morgan fingerprint density at radius 1 is 1.35 bits per heavy atom. The van der Waals surface area contributed by atoms with E-state index in [0.29, 0.717) is 0 Å². The van der Waals surface area contributed by atoms with Crippen LogP contribution in [0.2, 0.25) is 0 Å². The molecule has 0 radical (unpaired) electrons. The van der Waals surface area contributed by atoms with Crippen LogP contribution in [0.5, 0.6) is 0 Å². The highest BCUT2D eigenvalue weighted by molar-refractivity contribution is 5.68. The molecule has 1 saturated carbocycles. The first-order valence-electron chi connectivity index (χ1n) is 6.11. The normalized spacial score (nSPS) is 29.8. The molecule has 1 rings (SSSR count). The first-order chi connectivity index (χ1) is 7.74. The molecule has 100 valence electrons. The molecule has 5 heteroatoms. The summed E-state index contributed by atoms with van der Waals surface area (Å²) in [7, 11) is 0. The van der Waals surface area contributed by atoms with E-state index < -0.39 is 5.60 Å². The van der Waals surface area contributed by atoms with Crippen LogP contribution in [0.15, 0.2) is 0 Å². The van der Waals surface area contributed by atoms with Crippen molar-refractivity contribution in [3.8, 4) is 0 Å². The van der Waals surface area contributed by atoms with E-state index in [-0.39, 0.29) is 17.7 Å². The van der Waals surface area contributed by atoms with Crippen molar-refractivity contribution in [2.45, 2.75) is 70.6 Å². The Hall–Kier alpha value is -0.810. The van der Waals surface area contributed by atoms with Crippen LogP contribution < -0.4 is 11.2 Å². The zero-order valence-electron chi connectivity index (χ0n) is 11.2. The zero-order chi connectivity index (χ0) is 13.1. The molecule has 0 atom stereocenters. The van der Waals surface area contributed by atoms with Crippen molar-refractivity contribution in [2.75, 3.05) is 0 Å². The molecule has 0 aromatic carbocycles. The summed E-state index contributed by atoms with van der Waals surface area (Å²) >= 11 is 0. The van der Waals surface area contributed by atoms with Gasteiger partial charge in [-0.1, -0.05) is 0 Å². The molecule has 0 aromatic rings. The lowest BCUT2D eigenvalue weighted by Gasteiger charge is -2.36. The third-order valence-corrected chi connectivity index (χ3v) is 3.00. The fourth-order valence-corrected chi connectivity index (χ4v) is 2.00. The van der Waals surface area contributed by atoms with E-state index in [1.54, 1.807) is 0 Å². The number of hydrogen-bond acceptors (Lipinski definition) is 4. The molecule has 0 aromatic heterocycles. The molecule has 0 aliphatic heterocycles. The van der Waals surface area contributed by atoms with Gasteiger partial charge in [0.15, 0.2) is 0 Å². The van der Waals surface area contributed by atoms with Crippen LogP contribution in [-0.2, 0) is 9.57 Å². The summed E-state index contributed by atoms with van der Waals surface area (Å²) in [6.07, 6.45) is 2.97. The number of ether oxygens (including phenoxy) is 1. The van der Waals surface area contributed by atoms with Crippen LogP contribution in [0.1, 0.15) is 53.4 Å². The van der Waals surface area contributed by atoms with Crippen molar-refractivity contribution in [1.82, 2.24) is 5.32 Å². The number of hydrogen-bond donors (Lipinski definition) is 2. The second kappa shape index (κ2) is 5.23. The fourth-order valence-electron chi connectivity index (χ4n) is 2.00. The number of carbonyl (C=O) groups excluding carboxylic acids is 1. The van der Waals surface area contributed by atoms with Crippen LogP contribution in [0.25, 0.3) is 0 Å². The van der Waals surface area contributed by atoms with Crippen LogP contribution >= 0.6 is 0 Å². The lowest BCUT2D eigenvalue weighted by molar-refractivity contribution is -0.0551. The summed E-state index contributed by atoms with van der Waals surface area (Å²) in [5.74, 6) is 5.16. The van der Waals surface area contributed by atoms with Crippen molar-refractivity contribution < 1.29 is 14.4 Å². The highest BCUT2D eigenvalue weighted by Crippen LogP contribution is 2.32. The van der Waals surface area contributed by atoms with Gasteiger partial charge in [0.1, 0.15) is 5.60 Å². The molecule has 0 unspecified atom stereocenters. The molecule has 0 heterocycles. The van der Waals surface area contributed by atoms with Crippen LogP contribution in [0.4, 0.5) is 4.79 Å². The summed E-state index contributed by atoms with van der Waals surface area (Å²) in [5, 5.41) is 2.80. The van der Waals surface area contributed by atoms with E-state index >= 15 is 0 Å². The van der Waals surface area contributed by atoms with Gasteiger partial charge in [0, 0.05) is 5.54 Å². The highest BCUT2D eigenvalue weighted by atomic mass is 16.6. The smallest absolute Gasteiger partial charge is 0.408 e. The van der Waals surface area contributed by atoms with Gasteiger partial charge < -0.3 is 14.9 Å². The Morgan fingerprint density at radius 3 is 2.29 bits per heavy atom. The highest BCUT2D eigenvalue weighted by Gasteiger charge is 2.35. The van der Waals surface area contributed by atoms with Gasteiger partial charge in [0.25, 0.3) is 0 Å². The minimum Gasteiger partial charge on any atom is -0.443 e. The third kappa shape index (κ3) is 4.91. The Bertz CT molecular complexity index is 265. The molecule has 1 fully saturated rings. The standard InChI is InChI=1S/C12H24N2O3/c1-11(2,3)14-10(15)16-12(4)7-5-9(17-13)6-8-12/h9H,5-8,13H2,1-4H3,(H,14,15). The molecule has 3 N–H and O–H groups in total. The van der Waals surface area contributed by atoms with Gasteiger partial charge in [-0.05, 0) is 53.4 Å². The molecular formula is C12H24N2O3. The second-order valence-corrected chi connectivity index (χ2v) is 6.05. The molecule has 1 amide bonds. The summed E-state index contributed by atoms with van der Waals surface area (Å²) in [4.78, 5) is 16.5. The zero-order valence-corrected chi connectivity index (χ0v) is 11.2. The maximum absolute atomic E-state index is 11.7. The first kappa shape index (κ1) is 14.3. The molecule has 1 aliphatic carbocycles. The molecule has 17 heavy (non-hydrogen) atoms. The number of nitrogens with one attached hydrogen (secondary N) is 1. The molecule has 5 nitrogen and oxygen atoms in total. The van der Waals surface area contributed by atoms with E-state index in [4.69, 9.17) is 15.5 Å². The number of carbonyl (C=O) groups is 1. The van der Waals surface area contributed by atoms with E-state index in [1.807, 2.05) is 27.7 Å². The molecular weight excluding hydrogens is 220 g/mol. The summed E-state index contributed by atoms with van der Waals surface area (Å²) in [5.41, 5.74) is -0.671.